The number of benzene rings is 1. The van der Waals surface area contributed by atoms with Crippen LogP contribution in [-0.4, -0.2) is 24.1 Å². The summed E-state index contributed by atoms with van der Waals surface area (Å²) in [6.07, 6.45) is 8.92. The number of rotatable bonds is 2. The number of nitrogens with zero attached hydrogens (tertiary/aromatic N) is 5. The Morgan fingerprint density at radius 1 is 1.07 bits per heavy atom. The van der Waals surface area contributed by atoms with Gasteiger partial charge in [0.05, 0.1) is 16.6 Å². The number of pyridine rings is 1. The highest BCUT2D eigenvalue weighted by Gasteiger charge is 2.21. The largest absolute Gasteiger partial charge is 0.281 e. The van der Waals surface area contributed by atoms with E-state index in [1.165, 1.54) is 36.1 Å². The van der Waals surface area contributed by atoms with Crippen molar-refractivity contribution in [2.24, 2.45) is 0 Å². The molecule has 0 unspecified atom stereocenters. The molecule has 1 fully saturated rings. The Labute approximate surface area is 154 Å². The molecule has 0 aliphatic heterocycles. The van der Waals surface area contributed by atoms with Crippen molar-refractivity contribution in [2.75, 3.05) is 0 Å². The Hall–Kier alpha value is -3.09. The predicted octanol–water partition coefficient (Wildman–Crippen LogP) is 3.62. The molecular formula is C20H18FN5O. The first kappa shape index (κ1) is 16.1. The molecule has 27 heavy (non-hydrogen) atoms. The van der Waals surface area contributed by atoms with E-state index < -0.39 is 5.82 Å². The van der Waals surface area contributed by atoms with E-state index in [1.54, 1.807) is 35.0 Å². The third-order valence-electron chi connectivity index (χ3n) is 5.33. The molecule has 3 heterocycles. The van der Waals surface area contributed by atoms with E-state index in [-0.39, 0.29) is 11.2 Å². The normalized spacial score (nSPS) is 15.6. The molecule has 1 saturated carbocycles. The van der Waals surface area contributed by atoms with Crippen LogP contribution in [0.4, 0.5) is 4.39 Å². The highest BCUT2D eigenvalue weighted by atomic mass is 19.1. The minimum absolute atomic E-state index is 0.214. The fourth-order valence-electron chi connectivity index (χ4n) is 3.91. The van der Waals surface area contributed by atoms with Gasteiger partial charge in [-0.1, -0.05) is 31.4 Å². The van der Waals surface area contributed by atoms with Gasteiger partial charge >= 0.3 is 0 Å². The summed E-state index contributed by atoms with van der Waals surface area (Å²) in [4.78, 5) is 21.8. The summed E-state index contributed by atoms with van der Waals surface area (Å²) in [7, 11) is 0. The van der Waals surface area contributed by atoms with Gasteiger partial charge in [0, 0.05) is 18.3 Å². The monoisotopic (exact) mass is 363 g/mol. The molecule has 0 bridgehead atoms. The van der Waals surface area contributed by atoms with Crippen molar-refractivity contribution in [3.05, 3.63) is 64.7 Å². The van der Waals surface area contributed by atoms with Crippen LogP contribution >= 0.6 is 0 Å². The number of aromatic nitrogens is 5. The topological polar surface area (TPSA) is 65.1 Å². The lowest BCUT2D eigenvalue weighted by atomic mass is 9.89. The van der Waals surface area contributed by atoms with Crippen molar-refractivity contribution in [1.29, 1.82) is 0 Å². The Balaban J connectivity index is 1.68. The van der Waals surface area contributed by atoms with Gasteiger partial charge in [0.25, 0.3) is 11.3 Å². The highest BCUT2D eigenvalue weighted by Crippen LogP contribution is 2.31. The van der Waals surface area contributed by atoms with Crippen LogP contribution in [0.15, 0.2) is 47.5 Å². The summed E-state index contributed by atoms with van der Waals surface area (Å²) in [5, 5.41) is 5.03. The lowest BCUT2D eigenvalue weighted by Crippen LogP contribution is -2.19. The number of halogens is 1. The van der Waals surface area contributed by atoms with E-state index in [0.29, 0.717) is 22.6 Å². The molecule has 6 nitrogen and oxygen atoms in total. The molecule has 0 saturated heterocycles. The summed E-state index contributed by atoms with van der Waals surface area (Å²) in [5.41, 5.74) is 0.514. The van der Waals surface area contributed by atoms with Crippen molar-refractivity contribution in [3.63, 3.8) is 0 Å². The van der Waals surface area contributed by atoms with Gasteiger partial charge < -0.3 is 0 Å². The Morgan fingerprint density at radius 2 is 1.89 bits per heavy atom. The van der Waals surface area contributed by atoms with Gasteiger partial charge in [-0.05, 0) is 31.0 Å². The maximum absolute atomic E-state index is 14.1. The minimum atomic E-state index is -0.451. The highest BCUT2D eigenvalue weighted by molar-refractivity contribution is 5.79. The van der Waals surface area contributed by atoms with Crippen molar-refractivity contribution in [2.45, 2.75) is 38.0 Å². The van der Waals surface area contributed by atoms with Crippen LogP contribution in [0.25, 0.3) is 22.4 Å². The molecule has 5 rings (SSSR count). The maximum Gasteiger partial charge on any atom is 0.266 e. The van der Waals surface area contributed by atoms with E-state index in [9.17, 15) is 9.18 Å². The second-order valence-electron chi connectivity index (χ2n) is 7.02. The Bertz CT molecular complexity index is 1210. The van der Waals surface area contributed by atoms with Gasteiger partial charge in [0.15, 0.2) is 5.82 Å². The fourth-order valence-corrected chi connectivity index (χ4v) is 3.91. The molecule has 3 aromatic heterocycles. The Kier molecular flexibility index (Phi) is 3.74. The maximum atomic E-state index is 14.1. The first-order chi connectivity index (χ1) is 13.2. The molecular weight excluding hydrogens is 345 g/mol. The van der Waals surface area contributed by atoms with Gasteiger partial charge in [0.2, 0.25) is 0 Å². The molecule has 0 radical (unpaired) electrons. The summed E-state index contributed by atoms with van der Waals surface area (Å²) >= 11 is 0. The zero-order valence-corrected chi connectivity index (χ0v) is 14.7. The third-order valence-corrected chi connectivity index (χ3v) is 5.33. The number of hydrogen-bond donors (Lipinski definition) is 0. The average molecular weight is 363 g/mol. The van der Waals surface area contributed by atoms with E-state index in [4.69, 9.17) is 0 Å². The molecule has 1 aliphatic carbocycles. The smallest absolute Gasteiger partial charge is 0.266 e. The van der Waals surface area contributed by atoms with Gasteiger partial charge in [0.1, 0.15) is 5.82 Å². The van der Waals surface area contributed by atoms with Crippen LogP contribution in [0.3, 0.4) is 0 Å². The molecule has 0 amide bonds. The number of fused-ring (bicyclic) bond motifs is 3. The van der Waals surface area contributed by atoms with Gasteiger partial charge in [-0.25, -0.2) is 9.37 Å². The zero-order valence-electron chi connectivity index (χ0n) is 14.7. The summed E-state index contributed by atoms with van der Waals surface area (Å²) in [5.74, 6) is 1.20. The standard InChI is InChI=1S/C20H18FN5O/c21-15-8-4-5-9-17(15)25-11-10-16-14(19(25)27)12-22-20-23-18(24-26(16)20)13-6-2-1-3-7-13/h4-5,8-13H,1-3,6-7H2. The lowest BCUT2D eigenvalue weighted by molar-refractivity contribution is 0.429. The van der Waals surface area contributed by atoms with Crippen molar-refractivity contribution < 1.29 is 4.39 Å². The van der Waals surface area contributed by atoms with Crippen LogP contribution < -0.4 is 5.56 Å². The van der Waals surface area contributed by atoms with Crippen LogP contribution in [0.2, 0.25) is 0 Å². The second kappa shape index (κ2) is 6.26. The minimum Gasteiger partial charge on any atom is -0.281 e. The van der Waals surface area contributed by atoms with E-state index in [1.807, 2.05) is 0 Å². The van der Waals surface area contributed by atoms with E-state index in [2.05, 4.69) is 15.1 Å². The molecule has 0 atom stereocenters. The SMILES string of the molecule is O=c1c2cnc3nc(C4CCCCC4)nn3c2ccn1-c1ccccc1F. The molecule has 1 aromatic carbocycles. The number of hydrogen-bond acceptors (Lipinski definition) is 4. The first-order valence-corrected chi connectivity index (χ1v) is 9.24. The Morgan fingerprint density at radius 3 is 2.70 bits per heavy atom. The van der Waals surface area contributed by atoms with Crippen molar-refractivity contribution in [3.8, 4) is 5.69 Å². The zero-order chi connectivity index (χ0) is 18.4. The lowest BCUT2D eigenvalue weighted by Gasteiger charge is -2.17. The van der Waals surface area contributed by atoms with Gasteiger partial charge in [-0.2, -0.15) is 9.50 Å². The third kappa shape index (κ3) is 2.61. The molecule has 1 aliphatic rings. The van der Waals surface area contributed by atoms with E-state index >= 15 is 0 Å². The van der Waals surface area contributed by atoms with Gasteiger partial charge in [-0.15, -0.1) is 5.10 Å². The number of para-hydroxylation sites is 1. The van der Waals surface area contributed by atoms with Crippen molar-refractivity contribution in [1.82, 2.24) is 24.1 Å². The molecule has 7 heteroatoms. The average Bonchev–Trinajstić information content (AvgIpc) is 3.14. The molecule has 0 spiro atoms. The quantitative estimate of drug-likeness (QED) is 0.546. The summed E-state index contributed by atoms with van der Waals surface area (Å²) < 4.78 is 17.0. The van der Waals surface area contributed by atoms with Crippen LogP contribution in [-0.2, 0) is 0 Å². The van der Waals surface area contributed by atoms with Crippen LogP contribution in [0.1, 0.15) is 43.8 Å². The predicted molar refractivity (Wildman–Crippen MR) is 99.7 cm³/mol. The van der Waals surface area contributed by atoms with Gasteiger partial charge in [-0.3, -0.25) is 9.36 Å². The molecule has 0 N–H and O–H groups in total. The summed E-state index contributed by atoms with van der Waals surface area (Å²) in [6.45, 7) is 0. The van der Waals surface area contributed by atoms with Crippen molar-refractivity contribution >= 4 is 16.7 Å². The van der Waals surface area contributed by atoms with Crippen LogP contribution in [0.5, 0.6) is 0 Å². The summed E-state index contributed by atoms with van der Waals surface area (Å²) in [6, 6.07) is 7.96. The first-order valence-electron chi connectivity index (χ1n) is 9.24. The van der Waals surface area contributed by atoms with E-state index in [0.717, 1.165) is 18.7 Å². The molecule has 4 aromatic rings. The second-order valence-corrected chi connectivity index (χ2v) is 7.02. The molecule has 136 valence electrons. The van der Waals surface area contributed by atoms with Crippen LogP contribution in [0, 0.1) is 5.82 Å². The fraction of sp³-hybridized carbons (Fsp3) is 0.300.